The van der Waals surface area contributed by atoms with Crippen molar-refractivity contribution in [1.29, 1.82) is 0 Å². The molecule has 0 radical (unpaired) electrons. The average molecular weight is 396 g/mol. The summed E-state index contributed by atoms with van der Waals surface area (Å²) in [5.74, 6) is 0.885. The minimum atomic E-state index is -0.0318. The summed E-state index contributed by atoms with van der Waals surface area (Å²) in [6.45, 7) is 14.5. The Labute approximate surface area is 176 Å². The highest BCUT2D eigenvalue weighted by Gasteiger charge is 2.61. The lowest BCUT2D eigenvalue weighted by molar-refractivity contribution is 0.118. The summed E-state index contributed by atoms with van der Waals surface area (Å²) >= 11 is 0. The van der Waals surface area contributed by atoms with E-state index in [1.165, 1.54) is 18.4 Å². The largest absolute Gasteiger partial charge is 0.338 e. The van der Waals surface area contributed by atoms with Gasteiger partial charge in [0.25, 0.3) is 0 Å². The van der Waals surface area contributed by atoms with Gasteiger partial charge in [0.2, 0.25) is 0 Å². The number of rotatable bonds is 4. The summed E-state index contributed by atoms with van der Waals surface area (Å²) < 4.78 is 0. The first-order valence-corrected chi connectivity index (χ1v) is 11.3. The molecule has 4 rings (SSSR count). The maximum atomic E-state index is 13.3. The van der Waals surface area contributed by atoms with Crippen molar-refractivity contribution in [3.05, 3.63) is 35.9 Å². The molecular weight excluding hydrogens is 358 g/mol. The van der Waals surface area contributed by atoms with Crippen LogP contribution in [-0.2, 0) is 0 Å². The molecule has 29 heavy (non-hydrogen) atoms. The third-order valence-corrected chi connectivity index (χ3v) is 9.02. The lowest BCUT2D eigenvalue weighted by Crippen LogP contribution is -2.50. The van der Waals surface area contributed by atoms with E-state index < -0.39 is 0 Å². The van der Waals surface area contributed by atoms with Crippen LogP contribution in [-0.4, -0.2) is 29.3 Å². The van der Waals surface area contributed by atoms with Crippen LogP contribution in [0.5, 0.6) is 0 Å². The van der Waals surface area contributed by atoms with E-state index >= 15 is 0 Å². The van der Waals surface area contributed by atoms with Crippen LogP contribution in [0, 0.1) is 22.2 Å². The fraction of sp³-hybridized carbons (Fsp3) is 0.680. The number of hydrogen-bond acceptors (Lipinski definition) is 2. The number of carbonyl (C=O) groups excluding carboxylic acids is 1. The van der Waals surface area contributed by atoms with Gasteiger partial charge in [-0.2, -0.15) is 5.10 Å². The molecule has 4 heteroatoms. The number of hydrogen-bond donors (Lipinski definition) is 1. The van der Waals surface area contributed by atoms with E-state index in [2.05, 4.69) is 71.1 Å². The van der Waals surface area contributed by atoms with Gasteiger partial charge in [0.15, 0.2) is 0 Å². The molecule has 1 N–H and O–H groups in total. The van der Waals surface area contributed by atoms with Crippen molar-refractivity contribution in [3.8, 4) is 0 Å². The molecule has 4 nitrogen and oxygen atoms in total. The van der Waals surface area contributed by atoms with Crippen LogP contribution >= 0.6 is 0 Å². The number of nitrogens with one attached hydrogen (secondary N) is 1. The monoisotopic (exact) mass is 395 g/mol. The second-order valence-electron chi connectivity index (χ2n) is 10.9. The van der Waals surface area contributed by atoms with Gasteiger partial charge in [-0.1, -0.05) is 71.9 Å². The molecule has 1 aromatic rings. The van der Waals surface area contributed by atoms with Gasteiger partial charge in [0, 0.05) is 17.4 Å². The predicted octanol–water partition coefficient (Wildman–Crippen LogP) is 5.80. The second-order valence-corrected chi connectivity index (χ2v) is 10.9. The van der Waals surface area contributed by atoms with E-state index in [-0.39, 0.29) is 28.8 Å². The number of benzene rings is 1. The van der Waals surface area contributed by atoms with Gasteiger partial charge in [0.1, 0.15) is 0 Å². The van der Waals surface area contributed by atoms with Crippen molar-refractivity contribution in [2.24, 2.45) is 27.3 Å². The molecule has 1 aliphatic heterocycles. The summed E-state index contributed by atoms with van der Waals surface area (Å²) in [5, 5.41) is 9.98. The minimum Gasteiger partial charge on any atom is -0.333 e. The molecular formula is C25H37N3O. The van der Waals surface area contributed by atoms with Gasteiger partial charge in [0.05, 0.1) is 12.3 Å². The molecule has 2 fully saturated rings. The number of fused-ring (bicyclic) bond motifs is 2. The Morgan fingerprint density at radius 1 is 1.24 bits per heavy atom. The molecule has 0 saturated heterocycles. The molecule has 3 aliphatic rings. The zero-order valence-electron chi connectivity index (χ0n) is 19.0. The number of hydrazone groups is 1. The normalized spacial score (nSPS) is 33.1. The number of urea groups is 1. The molecule has 0 spiro atoms. The first kappa shape index (κ1) is 20.4. The molecule has 1 heterocycles. The SMILES string of the molecule is CCC(C)(C)C1=NN(C(=O)N[C@H]2C[C@@H]3CC[C@]2(C)C3(C)C)CC1c1ccccc1. The molecule has 2 amide bonds. The number of amides is 2. The van der Waals surface area contributed by atoms with E-state index in [1.54, 1.807) is 5.01 Å². The molecule has 0 aromatic heterocycles. The molecule has 2 saturated carbocycles. The molecule has 1 unspecified atom stereocenters. The lowest BCUT2D eigenvalue weighted by Gasteiger charge is -2.39. The van der Waals surface area contributed by atoms with Crippen LogP contribution in [0.1, 0.15) is 78.7 Å². The van der Waals surface area contributed by atoms with Crippen LogP contribution < -0.4 is 5.32 Å². The summed E-state index contributed by atoms with van der Waals surface area (Å²) in [5.41, 5.74) is 2.81. The third kappa shape index (κ3) is 3.10. The van der Waals surface area contributed by atoms with E-state index in [9.17, 15) is 4.79 Å². The summed E-state index contributed by atoms with van der Waals surface area (Å²) in [6.07, 6.45) is 4.60. The zero-order valence-corrected chi connectivity index (χ0v) is 19.0. The third-order valence-electron chi connectivity index (χ3n) is 9.02. The predicted molar refractivity (Wildman–Crippen MR) is 119 cm³/mol. The molecule has 158 valence electrons. The molecule has 4 atom stereocenters. The Morgan fingerprint density at radius 2 is 1.93 bits per heavy atom. The summed E-state index contributed by atoms with van der Waals surface area (Å²) in [7, 11) is 0. The number of carbonyl (C=O) groups is 1. The van der Waals surface area contributed by atoms with Gasteiger partial charge in [-0.25, -0.2) is 9.80 Å². The number of nitrogens with zero attached hydrogens (tertiary/aromatic N) is 2. The zero-order chi connectivity index (χ0) is 21.0. The lowest BCUT2D eigenvalue weighted by atomic mass is 9.69. The van der Waals surface area contributed by atoms with Crippen molar-refractivity contribution in [3.63, 3.8) is 0 Å². The Bertz CT molecular complexity index is 813. The Hall–Kier alpha value is -1.84. The standard InChI is InChI=1S/C25H37N3O/c1-7-23(2,3)21-19(17-11-9-8-10-12-17)16-28(27-21)22(29)26-20-15-18-13-14-25(20,6)24(18,4)5/h8-12,18-20H,7,13-16H2,1-6H3,(H,26,29)/t18-,19?,20-,25-/m0/s1. The summed E-state index contributed by atoms with van der Waals surface area (Å²) in [4.78, 5) is 13.3. The fourth-order valence-corrected chi connectivity index (χ4v) is 6.01. The second kappa shape index (κ2) is 6.85. The highest BCUT2D eigenvalue weighted by molar-refractivity contribution is 5.98. The quantitative estimate of drug-likeness (QED) is 0.688. The highest BCUT2D eigenvalue weighted by Crippen LogP contribution is 2.65. The van der Waals surface area contributed by atoms with Gasteiger partial charge in [-0.15, -0.1) is 0 Å². The average Bonchev–Trinajstić information content (AvgIpc) is 3.30. The van der Waals surface area contributed by atoms with Gasteiger partial charge >= 0.3 is 6.03 Å². The maximum absolute atomic E-state index is 13.3. The minimum absolute atomic E-state index is 0.0255. The first-order chi connectivity index (χ1) is 13.6. The van der Waals surface area contributed by atoms with Crippen molar-refractivity contribution in [2.75, 3.05) is 6.54 Å². The molecule has 1 aromatic carbocycles. The molecule has 2 aliphatic carbocycles. The van der Waals surface area contributed by atoms with Crippen molar-refractivity contribution < 1.29 is 4.79 Å². The van der Waals surface area contributed by atoms with Crippen molar-refractivity contribution in [2.45, 2.75) is 79.2 Å². The van der Waals surface area contributed by atoms with Crippen LogP contribution in [0.3, 0.4) is 0 Å². The van der Waals surface area contributed by atoms with Crippen LogP contribution in [0.2, 0.25) is 0 Å². The first-order valence-electron chi connectivity index (χ1n) is 11.3. The van der Waals surface area contributed by atoms with Gasteiger partial charge in [-0.3, -0.25) is 0 Å². The van der Waals surface area contributed by atoms with E-state index in [1.807, 2.05) is 6.07 Å². The van der Waals surface area contributed by atoms with E-state index in [0.29, 0.717) is 17.9 Å². The van der Waals surface area contributed by atoms with Crippen LogP contribution in [0.15, 0.2) is 35.4 Å². The highest BCUT2D eigenvalue weighted by atomic mass is 16.2. The Kier molecular flexibility index (Phi) is 4.83. The van der Waals surface area contributed by atoms with E-state index in [0.717, 1.165) is 18.6 Å². The Balaban J connectivity index is 1.55. The summed E-state index contributed by atoms with van der Waals surface area (Å²) in [6, 6.07) is 10.7. The van der Waals surface area contributed by atoms with Crippen molar-refractivity contribution in [1.82, 2.24) is 10.3 Å². The smallest absolute Gasteiger partial charge is 0.333 e. The van der Waals surface area contributed by atoms with E-state index in [4.69, 9.17) is 5.10 Å². The van der Waals surface area contributed by atoms with Gasteiger partial charge in [-0.05, 0) is 48.0 Å². The van der Waals surface area contributed by atoms with Crippen molar-refractivity contribution >= 4 is 11.7 Å². The molecule has 2 bridgehead atoms. The Morgan fingerprint density at radius 3 is 2.48 bits per heavy atom. The maximum Gasteiger partial charge on any atom is 0.338 e. The van der Waals surface area contributed by atoms with Gasteiger partial charge < -0.3 is 5.32 Å². The van der Waals surface area contributed by atoms with Crippen LogP contribution in [0.25, 0.3) is 0 Å². The fourth-order valence-electron chi connectivity index (χ4n) is 6.01. The topological polar surface area (TPSA) is 44.7 Å². The van der Waals surface area contributed by atoms with Crippen LogP contribution in [0.4, 0.5) is 4.79 Å².